The maximum Gasteiger partial charge on any atom is 0.425 e. The molecule has 1 aliphatic carbocycles. The van der Waals surface area contributed by atoms with Crippen molar-refractivity contribution in [3.63, 3.8) is 0 Å². The lowest BCUT2D eigenvalue weighted by molar-refractivity contribution is -0.197. The number of anilines is 1. The van der Waals surface area contributed by atoms with Gasteiger partial charge in [0.25, 0.3) is 5.91 Å². The zero-order valence-electron chi connectivity index (χ0n) is 31.7. The van der Waals surface area contributed by atoms with E-state index in [1.54, 1.807) is 23.1 Å². The van der Waals surface area contributed by atoms with E-state index in [1.165, 1.54) is 5.56 Å². The molecular formula is C45H47F3N4O5. The Morgan fingerprint density at radius 3 is 2.32 bits per heavy atom. The third-order valence-electron chi connectivity index (χ3n) is 12.1. The molecule has 4 atom stereocenters. The van der Waals surface area contributed by atoms with Crippen LogP contribution in [0, 0.1) is 0 Å². The number of hydrogen-bond donors (Lipinski definition) is 2. The largest absolute Gasteiger partial charge is 0.508 e. The van der Waals surface area contributed by atoms with Crippen molar-refractivity contribution in [2.45, 2.75) is 81.6 Å². The molecule has 3 heterocycles. The van der Waals surface area contributed by atoms with E-state index in [1.807, 2.05) is 60.7 Å². The van der Waals surface area contributed by atoms with Crippen LogP contribution in [0.15, 0.2) is 91.0 Å². The molecule has 3 amide bonds. The number of piperazine rings is 1. The van der Waals surface area contributed by atoms with Crippen molar-refractivity contribution < 1.29 is 37.4 Å². The van der Waals surface area contributed by atoms with Gasteiger partial charge in [0.1, 0.15) is 17.5 Å². The van der Waals surface area contributed by atoms with Crippen LogP contribution in [0.4, 0.5) is 18.9 Å². The van der Waals surface area contributed by atoms with E-state index < -0.39 is 24.2 Å². The number of hydrogen-bond acceptors (Lipinski definition) is 7. The van der Waals surface area contributed by atoms with Crippen LogP contribution < -0.4 is 15.0 Å². The Bertz CT molecular complexity index is 2100. The van der Waals surface area contributed by atoms with Gasteiger partial charge in [0.2, 0.25) is 11.8 Å². The summed E-state index contributed by atoms with van der Waals surface area (Å²) in [6.45, 7) is 4.03. The van der Waals surface area contributed by atoms with Crippen molar-refractivity contribution in [3.05, 3.63) is 124 Å². The molecule has 0 bridgehead atoms. The van der Waals surface area contributed by atoms with Gasteiger partial charge < -0.3 is 19.6 Å². The van der Waals surface area contributed by atoms with E-state index in [0.29, 0.717) is 37.9 Å². The average molecular weight is 781 g/mol. The molecule has 9 nitrogen and oxygen atoms in total. The number of piperidine rings is 1. The van der Waals surface area contributed by atoms with E-state index in [0.717, 1.165) is 67.0 Å². The van der Waals surface area contributed by atoms with Crippen LogP contribution in [0.2, 0.25) is 0 Å². The fourth-order valence-electron chi connectivity index (χ4n) is 9.14. The van der Waals surface area contributed by atoms with Gasteiger partial charge >= 0.3 is 6.18 Å². The first-order valence-electron chi connectivity index (χ1n) is 20.0. The first-order valence-corrected chi connectivity index (χ1v) is 20.0. The molecule has 2 saturated heterocycles. The minimum Gasteiger partial charge on any atom is -0.508 e. The van der Waals surface area contributed by atoms with E-state index in [9.17, 15) is 32.7 Å². The Hall–Kier alpha value is -5.36. The van der Waals surface area contributed by atoms with Gasteiger partial charge in [-0.25, -0.2) is 0 Å². The van der Waals surface area contributed by atoms with Gasteiger partial charge in [-0.15, -0.1) is 0 Å². The van der Waals surface area contributed by atoms with Gasteiger partial charge in [-0.2, -0.15) is 13.2 Å². The third kappa shape index (κ3) is 8.37. The third-order valence-corrected chi connectivity index (χ3v) is 12.1. The highest BCUT2D eigenvalue weighted by Crippen LogP contribution is 2.47. The Balaban J connectivity index is 0.831. The molecule has 4 aromatic rings. The number of rotatable bonds is 11. The highest BCUT2D eigenvalue weighted by Gasteiger charge is 2.42. The molecule has 4 aliphatic rings. The summed E-state index contributed by atoms with van der Waals surface area (Å²) in [7, 11) is 0. The highest BCUT2D eigenvalue weighted by molar-refractivity contribution is 6.05. The molecule has 2 N–H and O–H groups in total. The number of nitrogens with zero attached hydrogens (tertiary/aromatic N) is 3. The van der Waals surface area contributed by atoms with Crippen LogP contribution >= 0.6 is 0 Å². The van der Waals surface area contributed by atoms with Gasteiger partial charge in [-0.3, -0.25) is 24.6 Å². The van der Waals surface area contributed by atoms with Crippen LogP contribution in [0.25, 0.3) is 0 Å². The lowest BCUT2D eigenvalue weighted by Gasteiger charge is -2.36. The number of unbranched alkanes of at least 4 members (excludes halogenated alkanes) is 1. The van der Waals surface area contributed by atoms with Crippen LogP contribution in [0.3, 0.4) is 0 Å². The van der Waals surface area contributed by atoms with Crippen molar-refractivity contribution in [2.75, 3.05) is 37.6 Å². The zero-order chi connectivity index (χ0) is 39.7. The number of fused-ring (bicyclic) bond motifs is 2. The fourth-order valence-corrected chi connectivity index (χ4v) is 9.14. The standard InChI is InChI=1S/C45H47F3N4O5/c46-45(47,48)40(57-35-14-9-30(10-15-35)42-36(29-6-2-1-3-7-29)16-11-31-27-34(53)13-18-37(31)42)8-4-5-21-50-22-24-51(25-23-50)33-12-17-38-32(26-33)28-52(44(38)56)39-19-20-41(54)49-43(39)55/h1-3,6-7,9-10,12-15,17-18,26-27,36,39-40,42,53H,4-5,8,11,16,19-25,28H2,(H,49,54,55)/t36-,39?,40?,42+/m1/s1. The second-order valence-electron chi connectivity index (χ2n) is 15.7. The van der Waals surface area contributed by atoms with Gasteiger partial charge in [0.15, 0.2) is 6.10 Å². The average Bonchev–Trinajstić information content (AvgIpc) is 3.53. The van der Waals surface area contributed by atoms with Crippen LogP contribution in [0.5, 0.6) is 11.5 Å². The molecule has 2 fully saturated rings. The number of nitrogens with one attached hydrogen (secondary N) is 1. The van der Waals surface area contributed by atoms with E-state index in [4.69, 9.17) is 4.74 Å². The number of benzene rings is 4. The quantitative estimate of drug-likeness (QED) is 0.122. The first kappa shape index (κ1) is 38.5. The lowest BCUT2D eigenvalue weighted by Crippen LogP contribution is -2.52. The maximum absolute atomic E-state index is 14.2. The molecule has 4 aromatic carbocycles. The van der Waals surface area contributed by atoms with E-state index >= 15 is 0 Å². The Morgan fingerprint density at radius 2 is 1.58 bits per heavy atom. The van der Waals surface area contributed by atoms with Gasteiger partial charge in [0, 0.05) is 56.3 Å². The summed E-state index contributed by atoms with van der Waals surface area (Å²) in [5.74, 6) is -0.357. The SMILES string of the molecule is O=C1CCC(N2Cc3cc(N4CCN(CCCCC(Oc5ccc([C@@H]6c7ccc(O)cc7CC[C@@H]6c6ccccc6)cc5)C(F)(F)F)CC4)ccc3C2=O)C(=O)N1. The molecule has 57 heavy (non-hydrogen) atoms. The number of phenolic OH excluding ortho intramolecular Hbond substituents is 1. The smallest absolute Gasteiger partial charge is 0.425 e. The molecule has 12 heteroatoms. The molecule has 0 saturated carbocycles. The summed E-state index contributed by atoms with van der Waals surface area (Å²) in [5, 5.41) is 12.5. The summed E-state index contributed by atoms with van der Waals surface area (Å²) in [6, 6.07) is 27.9. The summed E-state index contributed by atoms with van der Waals surface area (Å²) in [5.41, 5.74) is 6.84. The number of amides is 3. The molecule has 8 rings (SSSR count). The molecule has 2 unspecified atom stereocenters. The molecule has 0 spiro atoms. The first-order chi connectivity index (χ1) is 27.5. The summed E-state index contributed by atoms with van der Waals surface area (Å²) < 4.78 is 48.3. The Morgan fingerprint density at radius 1 is 0.807 bits per heavy atom. The van der Waals surface area contributed by atoms with Crippen LogP contribution in [-0.4, -0.2) is 83.7 Å². The molecule has 298 valence electrons. The number of alkyl halides is 3. The fraction of sp³-hybridized carbons (Fsp3) is 0.400. The van der Waals surface area contributed by atoms with Crippen molar-refractivity contribution in [1.82, 2.24) is 15.1 Å². The number of phenols is 1. The topological polar surface area (TPSA) is 102 Å². The minimum absolute atomic E-state index is 0.0111. The number of halogens is 3. The van der Waals surface area contributed by atoms with Crippen molar-refractivity contribution in [3.8, 4) is 11.5 Å². The molecule has 0 radical (unpaired) electrons. The monoisotopic (exact) mass is 780 g/mol. The summed E-state index contributed by atoms with van der Waals surface area (Å²) >= 11 is 0. The highest BCUT2D eigenvalue weighted by atomic mass is 19.4. The van der Waals surface area contributed by atoms with Crippen molar-refractivity contribution in [1.29, 1.82) is 0 Å². The predicted octanol–water partition coefficient (Wildman–Crippen LogP) is 7.32. The molecule has 0 aromatic heterocycles. The summed E-state index contributed by atoms with van der Waals surface area (Å²) in [4.78, 5) is 43.2. The van der Waals surface area contributed by atoms with Gasteiger partial charge in [-0.05, 0) is 121 Å². The van der Waals surface area contributed by atoms with Crippen LogP contribution in [0.1, 0.15) is 88.5 Å². The van der Waals surface area contributed by atoms with E-state index in [-0.39, 0.29) is 48.0 Å². The van der Waals surface area contributed by atoms with E-state index in [2.05, 4.69) is 27.2 Å². The normalized spacial score (nSPS) is 21.9. The van der Waals surface area contributed by atoms with Crippen molar-refractivity contribution >= 4 is 23.4 Å². The predicted molar refractivity (Wildman–Crippen MR) is 209 cm³/mol. The minimum atomic E-state index is -4.51. The number of aromatic hydroxyl groups is 1. The van der Waals surface area contributed by atoms with Gasteiger partial charge in [-0.1, -0.05) is 48.5 Å². The number of carbonyl (C=O) groups is 3. The Labute approximate surface area is 330 Å². The number of aryl methyl sites for hydroxylation is 1. The zero-order valence-corrected chi connectivity index (χ0v) is 31.7. The Kier molecular flexibility index (Phi) is 11.0. The van der Waals surface area contributed by atoms with Crippen molar-refractivity contribution in [2.24, 2.45) is 0 Å². The maximum atomic E-state index is 14.2. The number of ether oxygens (including phenoxy) is 1. The summed E-state index contributed by atoms with van der Waals surface area (Å²) in [6.07, 6.45) is -3.32. The number of carbonyl (C=O) groups excluding carboxylic acids is 3. The second kappa shape index (κ2) is 16.2. The second-order valence-corrected chi connectivity index (χ2v) is 15.7. The lowest BCUT2D eigenvalue weighted by atomic mass is 9.69. The van der Waals surface area contributed by atoms with Crippen LogP contribution in [-0.2, 0) is 22.6 Å². The number of imide groups is 1. The molecule has 3 aliphatic heterocycles. The van der Waals surface area contributed by atoms with Gasteiger partial charge in [0.05, 0.1) is 0 Å². The molecular weight excluding hydrogens is 734 g/mol.